The molecule has 0 radical (unpaired) electrons. The second-order valence-electron chi connectivity index (χ2n) is 3.16. The Morgan fingerprint density at radius 1 is 1.38 bits per heavy atom. The van der Waals surface area contributed by atoms with Crippen molar-refractivity contribution >= 4 is 11.1 Å². The minimum atomic E-state index is -1.89. The summed E-state index contributed by atoms with van der Waals surface area (Å²) < 4.78 is 29.3. The molecule has 0 aliphatic rings. The van der Waals surface area contributed by atoms with Crippen molar-refractivity contribution in [2.24, 2.45) is 0 Å². The van der Waals surface area contributed by atoms with Crippen LogP contribution in [0.15, 0.2) is 12.1 Å². The Kier molecular flexibility index (Phi) is 4.57. The van der Waals surface area contributed by atoms with Crippen LogP contribution in [0.4, 0.5) is 0 Å². The molecule has 0 aliphatic heterocycles. The standard InChI is InChI=1S/C10H14O5S/c1-7-5-9(14-2)10(6-8(7)11)15-3-4-16(12)13/h5-6,11H,3-4H2,1-2H3,(H,12,13). The van der Waals surface area contributed by atoms with Gasteiger partial charge in [-0.2, -0.15) is 0 Å². The predicted octanol–water partition coefficient (Wildman–Crippen LogP) is 1.31. The van der Waals surface area contributed by atoms with E-state index >= 15 is 0 Å². The fourth-order valence-corrected chi connectivity index (χ4v) is 1.37. The number of phenolic OH excluding ortho intramolecular Hbond substituents is 1. The number of hydrogen-bond acceptors (Lipinski definition) is 4. The molecular formula is C10H14O5S. The highest BCUT2D eigenvalue weighted by atomic mass is 32.2. The molecule has 0 saturated heterocycles. The largest absolute Gasteiger partial charge is 0.508 e. The van der Waals surface area contributed by atoms with Crippen LogP contribution in [0.2, 0.25) is 0 Å². The molecule has 0 fully saturated rings. The van der Waals surface area contributed by atoms with Gasteiger partial charge >= 0.3 is 0 Å². The lowest BCUT2D eigenvalue weighted by molar-refractivity contribution is 0.308. The Balaban J connectivity index is 2.77. The molecule has 1 atom stereocenters. The molecule has 1 unspecified atom stereocenters. The summed E-state index contributed by atoms with van der Waals surface area (Å²) in [5.74, 6) is 0.952. The molecule has 1 aromatic carbocycles. The summed E-state index contributed by atoms with van der Waals surface area (Å²) in [6, 6.07) is 3.06. The first-order chi connectivity index (χ1) is 7.54. The minimum absolute atomic E-state index is 0.0117. The topological polar surface area (TPSA) is 76.0 Å². The predicted molar refractivity (Wildman–Crippen MR) is 60.5 cm³/mol. The van der Waals surface area contributed by atoms with E-state index < -0.39 is 11.1 Å². The van der Waals surface area contributed by atoms with Gasteiger partial charge < -0.3 is 19.1 Å². The first-order valence-electron chi connectivity index (χ1n) is 4.62. The van der Waals surface area contributed by atoms with E-state index in [1.165, 1.54) is 13.2 Å². The normalized spacial score (nSPS) is 12.2. The fraction of sp³-hybridized carbons (Fsp3) is 0.400. The van der Waals surface area contributed by atoms with Crippen LogP contribution in [0, 0.1) is 6.92 Å². The van der Waals surface area contributed by atoms with Crippen LogP contribution >= 0.6 is 0 Å². The van der Waals surface area contributed by atoms with Crippen LogP contribution < -0.4 is 9.47 Å². The maximum atomic E-state index is 10.4. The zero-order valence-electron chi connectivity index (χ0n) is 9.10. The van der Waals surface area contributed by atoms with Gasteiger partial charge in [0.15, 0.2) is 22.6 Å². The first kappa shape index (κ1) is 12.8. The van der Waals surface area contributed by atoms with Gasteiger partial charge in [0.2, 0.25) is 0 Å². The van der Waals surface area contributed by atoms with Crippen molar-refractivity contribution < 1.29 is 23.3 Å². The van der Waals surface area contributed by atoms with E-state index in [4.69, 9.17) is 14.0 Å². The fourth-order valence-electron chi connectivity index (χ4n) is 1.15. The molecule has 0 amide bonds. The summed E-state index contributed by atoms with van der Waals surface area (Å²) in [4.78, 5) is 0. The summed E-state index contributed by atoms with van der Waals surface area (Å²) in [6.07, 6.45) is 0. The van der Waals surface area contributed by atoms with Gasteiger partial charge in [-0.05, 0) is 18.6 Å². The highest BCUT2D eigenvalue weighted by Crippen LogP contribution is 2.33. The zero-order chi connectivity index (χ0) is 12.1. The van der Waals surface area contributed by atoms with Gasteiger partial charge in [0.05, 0.1) is 12.9 Å². The Bertz CT molecular complexity index is 391. The number of ether oxygens (including phenoxy) is 2. The van der Waals surface area contributed by atoms with Crippen molar-refractivity contribution in [3.63, 3.8) is 0 Å². The van der Waals surface area contributed by atoms with Gasteiger partial charge in [-0.25, -0.2) is 4.21 Å². The Morgan fingerprint density at radius 2 is 2.06 bits per heavy atom. The third-order valence-corrected chi connectivity index (χ3v) is 2.51. The number of aromatic hydroxyl groups is 1. The van der Waals surface area contributed by atoms with Gasteiger partial charge in [0, 0.05) is 6.07 Å². The molecule has 1 aromatic rings. The molecule has 2 N–H and O–H groups in total. The zero-order valence-corrected chi connectivity index (χ0v) is 9.91. The van der Waals surface area contributed by atoms with Gasteiger partial charge in [-0.3, -0.25) is 0 Å². The number of benzene rings is 1. The number of methoxy groups -OCH3 is 1. The third kappa shape index (κ3) is 3.39. The van der Waals surface area contributed by atoms with Crippen LogP contribution in [0.25, 0.3) is 0 Å². The molecule has 0 aliphatic carbocycles. The van der Waals surface area contributed by atoms with Crippen molar-refractivity contribution in [2.45, 2.75) is 6.92 Å². The van der Waals surface area contributed by atoms with Gasteiger partial charge in [-0.15, -0.1) is 0 Å². The molecule has 90 valence electrons. The van der Waals surface area contributed by atoms with Crippen molar-refractivity contribution in [1.82, 2.24) is 0 Å². The number of phenols is 1. The monoisotopic (exact) mass is 246 g/mol. The molecule has 0 spiro atoms. The summed E-state index contributed by atoms with van der Waals surface area (Å²) in [7, 11) is 1.49. The van der Waals surface area contributed by atoms with Crippen molar-refractivity contribution in [3.05, 3.63) is 17.7 Å². The van der Waals surface area contributed by atoms with E-state index in [1.54, 1.807) is 13.0 Å². The summed E-state index contributed by atoms with van der Waals surface area (Å²) in [6.45, 7) is 1.83. The third-order valence-electron chi connectivity index (χ3n) is 2.00. The molecule has 0 aromatic heterocycles. The maximum absolute atomic E-state index is 10.4. The van der Waals surface area contributed by atoms with E-state index in [1.807, 2.05) is 0 Å². The molecule has 0 saturated carbocycles. The van der Waals surface area contributed by atoms with Crippen LogP contribution in [-0.2, 0) is 11.1 Å². The van der Waals surface area contributed by atoms with E-state index in [-0.39, 0.29) is 18.1 Å². The lowest BCUT2D eigenvalue weighted by Crippen LogP contribution is -2.08. The highest BCUT2D eigenvalue weighted by molar-refractivity contribution is 7.79. The summed E-state index contributed by atoms with van der Waals surface area (Å²) in [5, 5.41) is 9.48. The molecular weight excluding hydrogens is 232 g/mol. The molecule has 6 heteroatoms. The first-order valence-corrected chi connectivity index (χ1v) is 5.90. The van der Waals surface area contributed by atoms with Crippen molar-refractivity contribution in [2.75, 3.05) is 19.5 Å². The van der Waals surface area contributed by atoms with E-state index in [9.17, 15) is 9.32 Å². The lowest BCUT2D eigenvalue weighted by atomic mass is 10.2. The maximum Gasteiger partial charge on any atom is 0.164 e. The van der Waals surface area contributed by atoms with Gasteiger partial charge in [-0.1, -0.05) is 0 Å². The second-order valence-corrected chi connectivity index (χ2v) is 4.21. The summed E-state index contributed by atoms with van der Waals surface area (Å²) >= 11 is -1.89. The van der Waals surface area contributed by atoms with Crippen LogP contribution in [0.5, 0.6) is 17.2 Å². The molecule has 0 heterocycles. The molecule has 16 heavy (non-hydrogen) atoms. The number of rotatable bonds is 5. The van der Waals surface area contributed by atoms with Crippen LogP contribution in [0.1, 0.15) is 5.56 Å². The van der Waals surface area contributed by atoms with E-state index in [0.717, 1.165) is 0 Å². The summed E-state index contributed by atoms with van der Waals surface area (Å²) in [5.41, 5.74) is 0.676. The van der Waals surface area contributed by atoms with Gasteiger partial charge in [0.25, 0.3) is 0 Å². The quantitative estimate of drug-likeness (QED) is 0.766. The minimum Gasteiger partial charge on any atom is -0.508 e. The van der Waals surface area contributed by atoms with Gasteiger partial charge in [0.1, 0.15) is 12.4 Å². The van der Waals surface area contributed by atoms with Crippen LogP contribution in [0.3, 0.4) is 0 Å². The number of aryl methyl sites for hydroxylation is 1. The molecule has 0 bridgehead atoms. The van der Waals surface area contributed by atoms with E-state index in [2.05, 4.69) is 0 Å². The Morgan fingerprint density at radius 3 is 2.62 bits per heavy atom. The van der Waals surface area contributed by atoms with Crippen LogP contribution in [-0.4, -0.2) is 33.3 Å². The Hall–Kier alpha value is -1.27. The second kappa shape index (κ2) is 5.72. The molecule has 1 rings (SSSR count). The lowest BCUT2D eigenvalue weighted by Gasteiger charge is -2.11. The average molecular weight is 246 g/mol. The van der Waals surface area contributed by atoms with Crippen molar-refractivity contribution in [1.29, 1.82) is 0 Å². The Labute approximate surface area is 96.3 Å². The SMILES string of the molecule is COc1cc(C)c(O)cc1OCCS(=O)O. The average Bonchev–Trinajstić information content (AvgIpc) is 2.22. The number of hydrogen-bond donors (Lipinski definition) is 2. The highest BCUT2D eigenvalue weighted by Gasteiger charge is 2.08. The molecule has 5 nitrogen and oxygen atoms in total. The van der Waals surface area contributed by atoms with E-state index in [0.29, 0.717) is 17.1 Å². The smallest absolute Gasteiger partial charge is 0.164 e. The van der Waals surface area contributed by atoms with Crippen molar-refractivity contribution in [3.8, 4) is 17.2 Å².